The van der Waals surface area contributed by atoms with Crippen molar-refractivity contribution in [3.8, 4) is 11.5 Å². The molecule has 98 valence electrons. The van der Waals surface area contributed by atoms with Gasteiger partial charge in [-0.15, -0.1) is 12.4 Å². The molecule has 0 aliphatic rings. The summed E-state index contributed by atoms with van der Waals surface area (Å²) in [6.07, 6.45) is -4.40. The Hall–Kier alpha value is -1.60. The van der Waals surface area contributed by atoms with Gasteiger partial charge in [0, 0.05) is 5.56 Å². The van der Waals surface area contributed by atoms with E-state index >= 15 is 0 Å². The fourth-order valence-electron chi connectivity index (χ4n) is 1.28. The quantitative estimate of drug-likeness (QED) is 0.918. The molecule has 1 aromatic heterocycles. The van der Waals surface area contributed by atoms with Crippen molar-refractivity contribution in [1.29, 1.82) is 0 Å². The van der Waals surface area contributed by atoms with E-state index in [1.54, 1.807) is 0 Å². The first kappa shape index (κ1) is 14.5. The fourth-order valence-corrected chi connectivity index (χ4v) is 1.28. The highest BCUT2D eigenvalue weighted by Crippen LogP contribution is 2.31. The monoisotopic (exact) mass is 279 g/mol. The molecule has 0 unspecified atom stereocenters. The number of nitrogens with zero attached hydrogens (tertiary/aromatic N) is 2. The molecule has 0 bridgehead atoms. The molecule has 2 N–H and O–H groups in total. The fraction of sp³-hybridized carbons (Fsp3) is 0.200. The van der Waals surface area contributed by atoms with Crippen LogP contribution in [0.2, 0.25) is 0 Å². The zero-order valence-corrected chi connectivity index (χ0v) is 9.76. The molecule has 0 radical (unpaired) electrons. The van der Waals surface area contributed by atoms with Gasteiger partial charge in [0.15, 0.2) is 5.82 Å². The minimum absolute atomic E-state index is 0. The lowest BCUT2D eigenvalue weighted by molar-refractivity contribution is -0.137. The van der Waals surface area contributed by atoms with Crippen molar-refractivity contribution in [3.05, 3.63) is 35.7 Å². The van der Waals surface area contributed by atoms with E-state index in [1.165, 1.54) is 12.1 Å². The maximum Gasteiger partial charge on any atom is 0.416 e. The molecule has 0 saturated carbocycles. The Balaban J connectivity index is 0.00000162. The van der Waals surface area contributed by atoms with E-state index in [2.05, 4.69) is 10.1 Å². The summed E-state index contributed by atoms with van der Waals surface area (Å²) < 4.78 is 42.2. The van der Waals surface area contributed by atoms with Gasteiger partial charge in [-0.3, -0.25) is 0 Å². The second-order valence-electron chi connectivity index (χ2n) is 3.30. The lowest BCUT2D eigenvalue weighted by Gasteiger charge is -2.06. The SMILES string of the molecule is Cl.NCc1noc(-c2cccc(C(F)(F)F)c2)n1. The summed E-state index contributed by atoms with van der Waals surface area (Å²) in [5.41, 5.74) is 4.73. The van der Waals surface area contributed by atoms with Crippen molar-refractivity contribution >= 4 is 12.4 Å². The Morgan fingerprint density at radius 2 is 2.00 bits per heavy atom. The number of halogens is 4. The highest BCUT2D eigenvalue weighted by molar-refractivity contribution is 5.85. The molecule has 0 aliphatic heterocycles. The highest BCUT2D eigenvalue weighted by atomic mass is 35.5. The van der Waals surface area contributed by atoms with Gasteiger partial charge in [-0.1, -0.05) is 11.2 Å². The van der Waals surface area contributed by atoms with Gasteiger partial charge < -0.3 is 10.3 Å². The number of alkyl halides is 3. The van der Waals surface area contributed by atoms with Gasteiger partial charge in [0.1, 0.15) is 0 Å². The topological polar surface area (TPSA) is 64.9 Å². The molecule has 8 heteroatoms. The molecule has 0 saturated heterocycles. The van der Waals surface area contributed by atoms with E-state index in [-0.39, 0.29) is 36.2 Å². The number of nitrogens with two attached hydrogens (primary N) is 1. The van der Waals surface area contributed by atoms with Crippen LogP contribution >= 0.6 is 12.4 Å². The van der Waals surface area contributed by atoms with E-state index in [0.717, 1.165) is 12.1 Å². The van der Waals surface area contributed by atoms with Gasteiger partial charge in [-0.05, 0) is 18.2 Å². The van der Waals surface area contributed by atoms with Crippen LogP contribution in [-0.2, 0) is 12.7 Å². The average Bonchev–Trinajstić information content (AvgIpc) is 2.76. The molecule has 0 amide bonds. The van der Waals surface area contributed by atoms with Gasteiger partial charge in [0.2, 0.25) is 0 Å². The molecule has 0 aliphatic carbocycles. The maximum atomic E-state index is 12.5. The van der Waals surface area contributed by atoms with Crippen LogP contribution in [0.4, 0.5) is 13.2 Å². The van der Waals surface area contributed by atoms with Crippen LogP contribution in [-0.4, -0.2) is 10.1 Å². The van der Waals surface area contributed by atoms with Crippen molar-refractivity contribution in [1.82, 2.24) is 10.1 Å². The van der Waals surface area contributed by atoms with Crippen LogP contribution in [0.1, 0.15) is 11.4 Å². The van der Waals surface area contributed by atoms with E-state index in [1.807, 2.05) is 0 Å². The molecule has 0 spiro atoms. The third-order valence-electron chi connectivity index (χ3n) is 2.09. The molecule has 0 atom stereocenters. The van der Waals surface area contributed by atoms with E-state index < -0.39 is 11.7 Å². The van der Waals surface area contributed by atoms with Gasteiger partial charge >= 0.3 is 6.18 Å². The largest absolute Gasteiger partial charge is 0.416 e. The zero-order valence-electron chi connectivity index (χ0n) is 8.94. The molecular weight excluding hydrogens is 271 g/mol. The molecule has 0 fully saturated rings. The van der Waals surface area contributed by atoms with Crippen LogP contribution in [0.25, 0.3) is 11.5 Å². The molecular formula is C10H9ClF3N3O. The van der Waals surface area contributed by atoms with Gasteiger partial charge in [0.05, 0.1) is 12.1 Å². The summed E-state index contributed by atoms with van der Waals surface area (Å²) in [5, 5.41) is 3.51. The summed E-state index contributed by atoms with van der Waals surface area (Å²) in [7, 11) is 0. The third kappa shape index (κ3) is 2.99. The van der Waals surface area contributed by atoms with E-state index in [9.17, 15) is 13.2 Å². The Bertz CT molecular complexity index is 527. The van der Waals surface area contributed by atoms with Crippen LogP contribution in [0, 0.1) is 0 Å². The van der Waals surface area contributed by atoms with Gasteiger partial charge in [-0.2, -0.15) is 18.2 Å². The van der Waals surface area contributed by atoms with E-state index in [0.29, 0.717) is 0 Å². The summed E-state index contributed by atoms with van der Waals surface area (Å²) in [4.78, 5) is 3.85. The Labute approximate surface area is 106 Å². The van der Waals surface area contributed by atoms with Crippen molar-refractivity contribution in [2.45, 2.75) is 12.7 Å². The first-order chi connectivity index (χ1) is 8.00. The summed E-state index contributed by atoms with van der Waals surface area (Å²) in [6, 6.07) is 4.67. The lowest BCUT2D eigenvalue weighted by atomic mass is 10.1. The molecule has 2 rings (SSSR count). The Morgan fingerprint density at radius 3 is 2.56 bits per heavy atom. The second-order valence-corrected chi connectivity index (χ2v) is 3.30. The molecule has 2 aromatic rings. The predicted octanol–water partition coefficient (Wildman–Crippen LogP) is 2.64. The Morgan fingerprint density at radius 1 is 1.28 bits per heavy atom. The van der Waals surface area contributed by atoms with Crippen LogP contribution < -0.4 is 5.73 Å². The number of benzene rings is 1. The molecule has 1 aromatic carbocycles. The average molecular weight is 280 g/mol. The normalized spacial score (nSPS) is 11.1. The van der Waals surface area contributed by atoms with Crippen LogP contribution in [0.3, 0.4) is 0 Å². The van der Waals surface area contributed by atoms with Crippen molar-refractivity contribution in [2.75, 3.05) is 0 Å². The van der Waals surface area contributed by atoms with E-state index in [4.69, 9.17) is 10.3 Å². The first-order valence-electron chi connectivity index (χ1n) is 4.71. The highest BCUT2D eigenvalue weighted by Gasteiger charge is 2.30. The predicted molar refractivity (Wildman–Crippen MR) is 59.9 cm³/mol. The van der Waals surface area contributed by atoms with Crippen LogP contribution in [0.15, 0.2) is 28.8 Å². The summed E-state index contributed by atoms with van der Waals surface area (Å²) in [5.74, 6) is 0.272. The molecule has 18 heavy (non-hydrogen) atoms. The summed E-state index contributed by atoms with van der Waals surface area (Å²) >= 11 is 0. The van der Waals surface area contributed by atoms with Crippen molar-refractivity contribution in [3.63, 3.8) is 0 Å². The number of rotatable bonds is 2. The minimum atomic E-state index is -4.40. The zero-order chi connectivity index (χ0) is 12.5. The second kappa shape index (κ2) is 5.36. The van der Waals surface area contributed by atoms with Crippen LogP contribution in [0.5, 0.6) is 0 Å². The van der Waals surface area contributed by atoms with Gasteiger partial charge in [0.25, 0.3) is 5.89 Å². The van der Waals surface area contributed by atoms with Crippen molar-refractivity contribution in [2.24, 2.45) is 5.73 Å². The number of aromatic nitrogens is 2. The lowest BCUT2D eigenvalue weighted by Crippen LogP contribution is -2.04. The standard InChI is InChI=1S/C10H8F3N3O.ClH/c11-10(12,13)7-3-1-2-6(4-7)9-15-8(5-14)16-17-9;/h1-4H,5,14H2;1H. The summed E-state index contributed by atoms with van der Waals surface area (Å²) in [6.45, 7) is 0.0719. The van der Waals surface area contributed by atoms with Crippen molar-refractivity contribution < 1.29 is 17.7 Å². The molecule has 1 heterocycles. The van der Waals surface area contributed by atoms with Gasteiger partial charge in [-0.25, -0.2) is 0 Å². The number of hydrogen-bond donors (Lipinski definition) is 1. The maximum absolute atomic E-state index is 12.5. The Kier molecular flexibility index (Phi) is 4.31. The first-order valence-corrected chi connectivity index (χ1v) is 4.71. The molecule has 4 nitrogen and oxygen atoms in total. The minimum Gasteiger partial charge on any atom is -0.334 e. The number of hydrogen-bond acceptors (Lipinski definition) is 4. The third-order valence-corrected chi connectivity index (χ3v) is 2.09. The smallest absolute Gasteiger partial charge is 0.334 e.